The summed E-state index contributed by atoms with van der Waals surface area (Å²) in [6, 6.07) is 9.43. The van der Waals surface area contributed by atoms with Crippen molar-refractivity contribution in [1.82, 2.24) is 9.97 Å². The smallest absolute Gasteiger partial charge is 0.237 e. The topological polar surface area (TPSA) is 69.2 Å². The lowest BCUT2D eigenvalue weighted by Gasteiger charge is -2.09. The summed E-state index contributed by atoms with van der Waals surface area (Å²) in [7, 11) is -3.37. The third kappa shape index (κ3) is 2.48. The van der Waals surface area contributed by atoms with Crippen LogP contribution in [0.3, 0.4) is 0 Å². The predicted octanol–water partition coefficient (Wildman–Crippen LogP) is 2.04. The molecule has 20 heavy (non-hydrogen) atoms. The first-order chi connectivity index (χ1) is 9.56. The summed E-state index contributed by atoms with van der Waals surface area (Å²) in [4.78, 5) is 7.95. The molecule has 0 spiro atoms. The van der Waals surface area contributed by atoms with Gasteiger partial charge in [-0.3, -0.25) is 0 Å². The van der Waals surface area contributed by atoms with Crippen LogP contribution in [-0.4, -0.2) is 24.1 Å². The predicted molar refractivity (Wildman–Crippen MR) is 73.6 cm³/mol. The van der Waals surface area contributed by atoms with Crippen LogP contribution in [0.25, 0.3) is 0 Å². The summed E-state index contributed by atoms with van der Waals surface area (Å²) in [6.45, 7) is 0.232. The van der Waals surface area contributed by atoms with Crippen LogP contribution in [0.1, 0.15) is 11.3 Å². The highest BCUT2D eigenvalue weighted by atomic mass is 35.5. The molecule has 1 aromatic heterocycles. The summed E-state index contributed by atoms with van der Waals surface area (Å²) in [6.07, 6.45) is 0.349. The van der Waals surface area contributed by atoms with Crippen molar-refractivity contribution in [2.24, 2.45) is 0 Å². The molecule has 0 fully saturated rings. The number of rotatable bonds is 3. The molecule has 3 rings (SSSR count). The highest BCUT2D eigenvalue weighted by Crippen LogP contribution is 2.33. The number of benzene rings is 1. The third-order valence-corrected chi connectivity index (χ3v) is 4.96. The van der Waals surface area contributed by atoms with Crippen molar-refractivity contribution in [3.05, 3.63) is 46.9 Å². The van der Waals surface area contributed by atoms with E-state index in [1.165, 1.54) is 0 Å². The van der Waals surface area contributed by atoms with E-state index in [1.807, 2.05) is 30.3 Å². The second-order valence-electron chi connectivity index (χ2n) is 4.42. The molecule has 0 amide bonds. The van der Waals surface area contributed by atoms with E-state index in [4.69, 9.17) is 16.3 Å². The third-order valence-electron chi connectivity index (χ3n) is 3.01. The van der Waals surface area contributed by atoms with Crippen molar-refractivity contribution in [2.75, 3.05) is 5.75 Å². The maximum absolute atomic E-state index is 12.0. The van der Waals surface area contributed by atoms with Crippen LogP contribution in [0.4, 0.5) is 0 Å². The van der Waals surface area contributed by atoms with Gasteiger partial charge in [0.15, 0.2) is 14.7 Å². The van der Waals surface area contributed by atoms with E-state index in [2.05, 4.69) is 9.97 Å². The van der Waals surface area contributed by atoms with E-state index in [-0.39, 0.29) is 28.4 Å². The molecule has 7 heteroatoms. The second kappa shape index (κ2) is 5.03. The molecule has 1 aliphatic heterocycles. The molecule has 0 unspecified atom stereocenters. The van der Waals surface area contributed by atoms with Gasteiger partial charge < -0.3 is 4.74 Å². The Balaban J connectivity index is 1.94. The van der Waals surface area contributed by atoms with Gasteiger partial charge in [-0.25, -0.2) is 13.4 Å². The van der Waals surface area contributed by atoms with E-state index in [9.17, 15) is 8.42 Å². The fourth-order valence-corrected chi connectivity index (χ4v) is 3.81. The highest BCUT2D eigenvalue weighted by molar-refractivity contribution is 7.91. The van der Waals surface area contributed by atoms with Gasteiger partial charge in [-0.1, -0.05) is 30.3 Å². The molecule has 0 aliphatic carbocycles. The van der Waals surface area contributed by atoms with Crippen molar-refractivity contribution in [1.29, 1.82) is 0 Å². The molecule has 0 radical (unpaired) electrons. The Kier molecular flexibility index (Phi) is 3.35. The van der Waals surface area contributed by atoms with Crippen molar-refractivity contribution in [2.45, 2.75) is 17.9 Å². The molecular weight excluding hydrogens is 300 g/mol. The summed E-state index contributed by atoms with van der Waals surface area (Å²) in [5.74, 6) is 0.0698. The van der Waals surface area contributed by atoms with Crippen molar-refractivity contribution in [3.8, 4) is 5.88 Å². The molecule has 2 aromatic rings. The first-order valence-corrected chi connectivity index (χ1v) is 8.05. The minimum absolute atomic E-state index is 0.00362. The molecule has 1 aromatic carbocycles. The Morgan fingerprint density at radius 2 is 1.95 bits per heavy atom. The van der Waals surface area contributed by atoms with E-state index >= 15 is 0 Å². The van der Waals surface area contributed by atoms with Crippen LogP contribution in [-0.2, 0) is 22.9 Å². The molecule has 104 valence electrons. The van der Waals surface area contributed by atoms with Crippen LogP contribution >= 0.6 is 11.6 Å². The van der Waals surface area contributed by atoms with Crippen molar-refractivity contribution < 1.29 is 13.2 Å². The van der Waals surface area contributed by atoms with Crippen LogP contribution in [0.2, 0.25) is 5.28 Å². The van der Waals surface area contributed by atoms with Crippen LogP contribution in [0.5, 0.6) is 5.88 Å². The molecule has 0 saturated carbocycles. The van der Waals surface area contributed by atoms with Gasteiger partial charge in [-0.2, -0.15) is 4.98 Å². The zero-order valence-corrected chi connectivity index (χ0v) is 12.0. The summed E-state index contributed by atoms with van der Waals surface area (Å²) in [5.41, 5.74) is 1.36. The van der Waals surface area contributed by atoms with Gasteiger partial charge in [-0.15, -0.1) is 0 Å². The Hall–Kier alpha value is -1.66. The van der Waals surface area contributed by atoms with E-state index in [0.29, 0.717) is 12.1 Å². The lowest BCUT2D eigenvalue weighted by molar-refractivity contribution is 0.284. The number of halogens is 1. The highest BCUT2D eigenvalue weighted by Gasteiger charge is 2.33. The Morgan fingerprint density at radius 1 is 1.20 bits per heavy atom. The molecule has 0 saturated heterocycles. The van der Waals surface area contributed by atoms with Crippen LogP contribution in [0, 0.1) is 0 Å². The number of sulfone groups is 1. The number of fused-ring (bicyclic) bond motifs is 1. The normalized spacial score (nSPS) is 15.8. The summed E-state index contributed by atoms with van der Waals surface area (Å²) < 4.78 is 29.5. The lowest BCUT2D eigenvalue weighted by atomic mass is 10.2. The van der Waals surface area contributed by atoms with Gasteiger partial charge in [-0.05, 0) is 17.2 Å². The minimum atomic E-state index is -3.37. The van der Waals surface area contributed by atoms with Crippen LogP contribution in [0.15, 0.2) is 35.2 Å². The maximum atomic E-state index is 12.0. The number of nitrogens with zero attached hydrogens (tertiary/aromatic N) is 2. The number of ether oxygens (including phenoxy) is 1. The zero-order chi connectivity index (χ0) is 14.2. The molecule has 5 nitrogen and oxygen atoms in total. The first kappa shape index (κ1) is 13.3. The SMILES string of the molecule is O=S1(=O)CCc2nc(Cl)nc(OCc3ccccc3)c21. The van der Waals surface area contributed by atoms with Gasteiger partial charge in [0.05, 0.1) is 11.4 Å². The van der Waals surface area contributed by atoms with E-state index < -0.39 is 9.84 Å². The van der Waals surface area contributed by atoms with E-state index in [1.54, 1.807) is 0 Å². The van der Waals surface area contributed by atoms with Crippen LogP contribution < -0.4 is 4.74 Å². The average Bonchev–Trinajstić information content (AvgIpc) is 2.73. The molecule has 2 heterocycles. The number of aromatic nitrogens is 2. The molecular formula is C13H11ClN2O3S. The summed E-state index contributed by atoms with van der Waals surface area (Å²) >= 11 is 5.81. The van der Waals surface area contributed by atoms with Gasteiger partial charge >= 0.3 is 0 Å². The zero-order valence-electron chi connectivity index (χ0n) is 10.4. The van der Waals surface area contributed by atoms with Crippen molar-refractivity contribution >= 4 is 21.4 Å². The quantitative estimate of drug-likeness (QED) is 0.811. The molecule has 1 aliphatic rings. The molecule has 0 bridgehead atoms. The fraction of sp³-hybridized carbons (Fsp3) is 0.231. The van der Waals surface area contributed by atoms with Gasteiger partial charge in [0.2, 0.25) is 11.2 Å². The number of hydrogen-bond donors (Lipinski definition) is 0. The summed E-state index contributed by atoms with van der Waals surface area (Å²) in [5, 5.41) is 0.00362. The lowest BCUT2D eigenvalue weighted by Crippen LogP contribution is -2.06. The monoisotopic (exact) mass is 310 g/mol. The average molecular weight is 311 g/mol. The second-order valence-corrected chi connectivity index (χ2v) is 6.80. The first-order valence-electron chi connectivity index (χ1n) is 6.02. The van der Waals surface area contributed by atoms with Gasteiger partial charge in [0.25, 0.3) is 0 Å². The van der Waals surface area contributed by atoms with Crippen molar-refractivity contribution in [3.63, 3.8) is 0 Å². The Morgan fingerprint density at radius 3 is 2.70 bits per heavy atom. The fourth-order valence-electron chi connectivity index (χ4n) is 2.08. The number of hydrogen-bond acceptors (Lipinski definition) is 5. The Bertz CT molecular complexity index is 748. The Labute approximate surface area is 121 Å². The molecule has 0 atom stereocenters. The van der Waals surface area contributed by atoms with Gasteiger partial charge in [0.1, 0.15) is 6.61 Å². The van der Waals surface area contributed by atoms with Gasteiger partial charge in [0, 0.05) is 6.42 Å². The molecule has 0 N–H and O–H groups in total. The van der Waals surface area contributed by atoms with E-state index in [0.717, 1.165) is 5.56 Å². The standard InChI is InChI=1S/C13H11ClN2O3S/c14-13-15-10-6-7-20(17,18)11(10)12(16-13)19-8-9-4-2-1-3-5-9/h1-5H,6-8H2. The largest absolute Gasteiger partial charge is 0.472 e. The number of aryl methyl sites for hydroxylation is 1. The maximum Gasteiger partial charge on any atom is 0.237 e. The minimum Gasteiger partial charge on any atom is -0.472 e.